The third-order valence-corrected chi connectivity index (χ3v) is 11.1. The molecule has 2 heterocycles. The van der Waals surface area contributed by atoms with Crippen molar-refractivity contribution in [2.45, 2.75) is 135 Å². The van der Waals surface area contributed by atoms with Crippen LogP contribution in [0.15, 0.2) is 36.4 Å². The second-order valence-corrected chi connectivity index (χ2v) is 15.3. The van der Waals surface area contributed by atoms with Gasteiger partial charge in [-0.15, -0.1) is 0 Å². The zero-order valence-corrected chi connectivity index (χ0v) is 31.2. The summed E-state index contributed by atoms with van der Waals surface area (Å²) in [7, 11) is 5.44. The average Bonchev–Trinajstić information content (AvgIpc) is 3.03. The molecule has 0 saturated carbocycles. The molecule has 0 bridgehead atoms. The average molecular weight is 674 g/mol. The molecule has 272 valence electrons. The number of ether oxygens (including phenoxy) is 4. The molecule has 9 nitrogen and oxygen atoms in total. The number of hydrogen-bond acceptors (Lipinski definition) is 9. The summed E-state index contributed by atoms with van der Waals surface area (Å²) in [4.78, 5) is 29.7. The van der Waals surface area contributed by atoms with Gasteiger partial charge in [0.2, 0.25) is 0 Å². The summed E-state index contributed by atoms with van der Waals surface area (Å²) in [5, 5.41) is 23.5. The number of esters is 1. The first-order chi connectivity index (χ1) is 22.5. The van der Waals surface area contributed by atoms with E-state index < -0.39 is 53.6 Å². The quantitative estimate of drug-likeness (QED) is 0.257. The zero-order chi connectivity index (χ0) is 36.0. The maximum Gasteiger partial charge on any atom is 0.316 e. The van der Waals surface area contributed by atoms with Crippen LogP contribution in [0.4, 0.5) is 0 Å². The van der Waals surface area contributed by atoms with Crippen LogP contribution >= 0.6 is 0 Å². The number of aliphatic hydroxyl groups is 2. The van der Waals surface area contributed by atoms with E-state index in [2.05, 4.69) is 26.0 Å². The van der Waals surface area contributed by atoms with Crippen LogP contribution < -0.4 is 0 Å². The van der Waals surface area contributed by atoms with Crippen LogP contribution in [0.1, 0.15) is 93.1 Å². The SMILES string of the molecule is CC[C@H]1OC(=O)C(C)C(=O)[C@H](C)[C@@H](O[C@@H]2O[C@H](C)C[C@H](N(C)C)[C@H]2O)[C@](C)(OC)C[C@@H](C)CC(C)[C@@H](C/C=C/c2ccccc2)[C@]1(C)O. The lowest BCUT2D eigenvalue weighted by atomic mass is 9.70. The Bertz CT molecular complexity index is 1200. The van der Waals surface area contributed by atoms with Gasteiger partial charge in [-0.05, 0) is 97.2 Å². The van der Waals surface area contributed by atoms with Gasteiger partial charge in [-0.25, -0.2) is 0 Å². The Morgan fingerprint density at radius 3 is 2.27 bits per heavy atom. The van der Waals surface area contributed by atoms with E-state index in [0.717, 1.165) is 12.0 Å². The molecule has 3 rings (SSSR count). The van der Waals surface area contributed by atoms with Crippen molar-refractivity contribution in [1.29, 1.82) is 0 Å². The summed E-state index contributed by atoms with van der Waals surface area (Å²) in [5.74, 6) is -3.06. The molecule has 0 amide bonds. The fourth-order valence-corrected chi connectivity index (χ4v) is 8.20. The van der Waals surface area contributed by atoms with Gasteiger partial charge in [-0.3, -0.25) is 9.59 Å². The Hall–Kier alpha value is -2.14. The fourth-order valence-electron chi connectivity index (χ4n) is 8.20. The normalized spacial score (nSPS) is 40.9. The number of nitrogens with zero attached hydrogens (tertiary/aromatic N) is 1. The predicted octanol–water partition coefficient (Wildman–Crippen LogP) is 5.90. The third kappa shape index (κ3) is 9.55. The summed E-state index contributed by atoms with van der Waals surface area (Å²) in [6.07, 6.45) is 3.26. The second-order valence-electron chi connectivity index (χ2n) is 15.3. The number of hydrogen-bond donors (Lipinski definition) is 2. The summed E-state index contributed by atoms with van der Waals surface area (Å²) in [6.45, 7) is 15.1. The standard InChI is InChI=1S/C39H63NO8/c1-12-32-39(8,44)30(20-16-19-29-17-14-13-15-18-29)25(3)21-24(2)23-38(7,45-11)35(27(5)33(41)28(6)36(43)47-32)48-37-34(42)31(40(9)10)22-26(4)46-37/h13-19,24-28,30-32,34-35,37,42,44H,12,20-23H2,1-11H3/b19-16+/t24-,25?,26+,27-,28?,30+,31-,32+,34+,35+,37-,38+,39-/m0/s1. The minimum absolute atomic E-state index is 0.0354. The van der Waals surface area contributed by atoms with Crippen LogP contribution in [0.5, 0.6) is 0 Å². The van der Waals surface area contributed by atoms with E-state index in [4.69, 9.17) is 18.9 Å². The third-order valence-electron chi connectivity index (χ3n) is 11.1. The highest BCUT2D eigenvalue weighted by Crippen LogP contribution is 2.41. The highest BCUT2D eigenvalue weighted by Gasteiger charge is 2.50. The van der Waals surface area contributed by atoms with Gasteiger partial charge in [0.15, 0.2) is 12.1 Å². The smallest absolute Gasteiger partial charge is 0.316 e. The molecule has 0 aliphatic carbocycles. The lowest BCUT2D eigenvalue weighted by molar-refractivity contribution is -0.295. The monoisotopic (exact) mass is 673 g/mol. The van der Waals surface area contributed by atoms with Crippen molar-refractivity contribution in [2.24, 2.45) is 29.6 Å². The van der Waals surface area contributed by atoms with Gasteiger partial charge in [0.1, 0.15) is 23.7 Å². The predicted molar refractivity (Wildman–Crippen MR) is 188 cm³/mol. The van der Waals surface area contributed by atoms with E-state index in [0.29, 0.717) is 25.7 Å². The fraction of sp³-hybridized carbons (Fsp3) is 0.744. The molecule has 1 aromatic carbocycles. The van der Waals surface area contributed by atoms with Gasteiger partial charge in [0, 0.05) is 19.1 Å². The van der Waals surface area contributed by atoms with E-state index in [1.807, 2.05) is 70.1 Å². The lowest BCUT2D eigenvalue weighted by Crippen LogP contribution is -2.59. The Kier molecular flexibility index (Phi) is 14.4. The summed E-state index contributed by atoms with van der Waals surface area (Å²) in [6, 6.07) is 9.83. The summed E-state index contributed by atoms with van der Waals surface area (Å²) >= 11 is 0. The Balaban J connectivity index is 2.03. The minimum Gasteiger partial charge on any atom is -0.459 e. The van der Waals surface area contributed by atoms with Crippen molar-refractivity contribution >= 4 is 17.8 Å². The maximum atomic E-state index is 14.1. The van der Waals surface area contributed by atoms with Crippen molar-refractivity contribution in [3.8, 4) is 0 Å². The second kappa shape index (κ2) is 17.2. The number of Topliss-reactive ketones (excluding diaryl/α,β-unsaturated/α-hetero) is 1. The molecule has 1 aromatic rings. The maximum absolute atomic E-state index is 14.1. The molecule has 2 fully saturated rings. The first-order valence-corrected chi connectivity index (χ1v) is 17.8. The Morgan fingerprint density at radius 1 is 1.04 bits per heavy atom. The first kappa shape index (κ1) is 40.3. The Morgan fingerprint density at radius 2 is 1.69 bits per heavy atom. The highest BCUT2D eigenvalue weighted by molar-refractivity contribution is 6.00. The number of ketones is 1. The molecular formula is C39H63NO8. The largest absolute Gasteiger partial charge is 0.459 e. The molecule has 48 heavy (non-hydrogen) atoms. The number of benzene rings is 1. The van der Waals surface area contributed by atoms with Crippen LogP contribution in [0.2, 0.25) is 0 Å². The van der Waals surface area contributed by atoms with Crippen molar-refractivity contribution < 1.29 is 38.7 Å². The van der Waals surface area contributed by atoms with Crippen molar-refractivity contribution in [3.05, 3.63) is 42.0 Å². The van der Waals surface area contributed by atoms with Crippen LogP contribution in [-0.2, 0) is 28.5 Å². The summed E-state index contributed by atoms with van der Waals surface area (Å²) in [5.41, 5.74) is -1.26. The zero-order valence-electron chi connectivity index (χ0n) is 31.2. The van der Waals surface area contributed by atoms with Crippen LogP contribution in [0, 0.1) is 29.6 Å². The molecule has 2 aliphatic heterocycles. The van der Waals surface area contributed by atoms with Gasteiger partial charge in [-0.1, -0.05) is 70.2 Å². The van der Waals surface area contributed by atoms with E-state index in [-0.39, 0.29) is 35.7 Å². The topological polar surface area (TPSA) is 115 Å². The molecule has 9 heteroatoms. The molecule has 2 unspecified atom stereocenters. The van der Waals surface area contributed by atoms with Crippen LogP contribution in [-0.4, -0.2) is 96.0 Å². The number of carbonyl (C=O) groups is 2. The number of rotatable bonds is 8. The molecule has 2 N–H and O–H groups in total. The number of methoxy groups -OCH3 is 1. The van der Waals surface area contributed by atoms with Gasteiger partial charge >= 0.3 is 5.97 Å². The number of allylic oxidation sites excluding steroid dienone is 1. The van der Waals surface area contributed by atoms with E-state index >= 15 is 0 Å². The minimum atomic E-state index is -1.35. The number of cyclic esters (lactones) is 1. The Labute approximate surface area is 289 Å². The van der Waals surface area contributed by atoms with Gasteiger partial charge in [0.05, 0.1) is 17.8 Å². The molecule has 0 aromatic heterocycles. The highest BCUT2D eigenvalue weighted by atomic mass is 16.7. The van der Waals surface area contributed by atoms with E-state index in [1.165, 1.54) is 0 Å². The van der Waals surface area contributed by atoms with Crippen molar-refractivity contribution in [2.75, 3.05) is 21.2 Å². The molecule has 2 aliphatic rings. The molecule has 0 spiro atoms. The van der Waals surface area contributed by atoms with E-state index in [9.17, 15) is 19.8 Å². The van der Waals surface area contributed by atoms with Crippen molar-refractivity contribution in [3.63, 3.8) is 0 Å². The van der Waals surface area contributed by atoms with Crippen LogP contribution in [0.25, 0.3) is 6.08 Å². The molecule has 13 atom stereocenters. The van der Waals surface area contributed by atoms with Gasteiger partial charge in [0.25, 0.3) is 0 Å². The first-order valence-electron chi connectivity index (χ1n) is 17.8. The molecule has 2 saturated heterocycles. The molecular weight excluding hydrogens is 610 g/mol. The van der Waals surface area contributed by atoms with Gasteiger partial charge < -0.3 is 34.1 Å². The lowest BCUT2D eigenvalue weighted by Gasteiger charge is -2.47. The van der Waals surface area contributed by atoms with E-state index in [1.54, 1.807) is 27.9 Å². The number of carbonyl (C=O) groups excluding carboxylic acids is 2. The molecule has 0 radical (unpaired) electrons. The van der Waals surface area contributed by atoms with Crippen LogP contribution in [0.3, 0.4) is 0 Å². The number of likely N-dealkylation sites (N-methyl/N-ethyl adjacent to an activating group) is 1. The van der Waals surface area contributed by atoms with Crippen molar-refractivity contribution in [1.82, 2.24) is 4.90 Å². The summed E-state index contributed by atoms with van der Waals surface area (Å²) < 4.78 is 25.0. The number of aliphatic hydroxyl groups excluding tert-OH is 1. The van der Waals surface area contributed by atoms with Gasteiger partial charge in [-0.2, -0.15) is 0 Å².